The molecule has 3 atom stereocenters. The molecule has 0 spiro atoms. The van der Waals surface area contributed by atoms with E-state index in [2.05, 4.69) is 53.3 Å². The van der Waals surface area contributed by atoms with E-state index < -0.39 is 0 Å². The van der Waals surface area contributed by atoms with E-state index in [1.807, 2.05) is 6.92 Å². The number of nitrogens with one attached hydrogen (secondary N) is 1. The number of aliphatic hydroxyl groups is 1. The van der Waals surface area contributed by atoms with Crippen LogP contribution in [-0.4, -0.2) is 59.9 Å². The van der Waals surface area contributed by atoms with Crippen molar-refractivity contribution in [3.8, 4) is 0 Å². The number of ether oxygens (including phenoxy) is 1. The highest BCUT2D eigenvalue weighted by molar-refractivity contribution is 5.87. The molecule has 1 fully saturated rings. The number of methoxy groups -OCH3 is 1. The molecule has 3 rings (SSSR count). The van der Waals surface area contributed by atoms with Crippen molar-refractivity contribution in [1.82, 2.24) is 14.8 Å². The number of aromatic nitrogens is 1. The molecule has 1 aromatic carbocycles. The van der Waals surface area contributed by atoms with Crippen molar-refractivity contribution in [2.45, 2.75) is 51.3 Å². The van der Waals surface area contributed by atoms with Gasteiger partial charge < -0.3 is 24.6 Å². The number of fused-ring (bicyclic) bond motifs is 1. The zero-order valence-electron chi connectivity index (χ0n) is 18.1. The first-order valence-corrected chi connectivity index (χ1v) is 10.6. The summed E-state index contributed by atoms with van der Waals surface area (Å²) in [6, 6.07) is 6.67. The van der Waals surface area contributed by atoms with E-state index in [0.717, 1.165) is 32.2 Å². The Kier molecular flexibility index (Phi) is 7.33. The first kappa shape index (κ1) is 21.8. The normalized spacial score (nSPS) is 21.4. The second-order valence-corrected chi connectivity index (χ2v) is 8.38. The second kappa shape index (κ2) is 9.74. The summed E-state index contributed by atoms with van der Waals surface area (Å²) in [5, 5.41) is 13.6. The first-order valence-electron chi connectivity index (χ1n) is 10.6. The van der Waals surface area contributed by atoms with Gasteiger partial charge in [0.15, 0.2) is 0 Å². The van der Waals surface area contributed by atoms with E-state index in [1.54, 1.807) is 7.11 Å². The molecule has 1 aromatic heterocycles. The van der Waals surface area contributed by atoms with Crippen molar-refractivity contribution in [1.29, 1.82) is 0 Å². The predicted molar refractivity (Wildman–Crippen MR) is 116 cm³/mol. The van der Waals surface area contributed by atoms with E-state index in [1.165, 1.54) is 22.0 Å². The van der Waals surface area contributed by atoms with Crippen LogP contribution in [0, 0.1) is 5.92 Å². The van der Waals surface area contributed by atoms with Crippen molar-refractivity contribution in [3.63, 3.8) is 0 Å². The highest BCUT2D eigenvalue weighted by Crippen LogP contribution is 2.30. The number of aryl methyl sites for hydroxylation is 1. The molecular formula is C23H35N3O3. The third-order valence-electron chi connectivity index (χ3n) is 6.35. The van der Waals surface area contributed by atoms with Crippen LogP contribution in [0.15, 0.2) is 24.4 Å². The lowest BCUT2D eigenvalue weighted by atomic mass is 9.88. The number of hydrogen-bond acceptors (Lipinski definition) is 4. The Morgan fingerprint density at radius 2 is 2.10 bits per heavy atom. The third kappa shape index (κ3) is 4.82. The summed E-state index contributed by atoms with van der Waals surface area (Å²) in [7, 11) is 5.95. The maximum atomic E-state index is 12.6. The van der Waals surface area contributed by atoms with Gasteiger partial charge >= 0.3 is 0 Å². The molecule has 3 unspecified atom stereocenters. The molecular weight excluding hydrogens is 366 g/mol. The van der Waals surface area contributed by atoms with Crippen molar-refractivity contribution in [2.75, 3.05) is 27.3 Å². The number of nitrogens with zero attached hydrogens (tertiary/aromatic N) is 2. The fourth-order valence-corrected chi connectivity index (χ4v) is 4.57. The summed E-state index contributed by atoms with van der Waals surface area (Å²) in [6.07, 6.45) is 5.84. The summed E-state index contributed by atoms with van der Waals surface area (Å²) < 4.78 is 7.62. The van der Waals surface area contributed by atoms with Gasteiger partial charge in [0.2, 0.25) is 5.91 Å². The van der Waals surface area contributed by atoms with Gasteiger partial charge in [0.1, 0.15) is 0 Å². The average molecular weight is 402 g/mol. The Balaban J connectivity index is 1.70. The summed E-state index contributed by atoms with van der Waals surface area (Å²) >= 11 is 0. The number of benzene rings is 1. The number of piperidine rings is 1. The van der Waals surface area contributed by atoms with Gasteiger partial charge in [-0.05, 0) is 49.9 Å². The van der Waals surface area contributed by atoms with Gasteiger partial charge in [-0.3, -0.25) is 4.79 Å². The zero-order chi connectivity index (χ0) is 21.0. The molecule has 1 aliphatic heterocycles. The Hall–Kier alpha value is -1.89. The first-order chi connectivity index (χ1) is 14.0. The minimum Gasteiger partial charge on any atom is -0.394 e. The van der Waals surface area contributed by atoms with E-state index in [-0.39, 0.29) is 24.5 Å². The van der Waals surface area contributed by atoms with E-state index in [0.29, 0.717) is 12.6 Å². The summed E-state index contributed by atoms with van der Waals surface area (Å²) in [5.41, 5.74) is 3.81. The highest BCUT2D eigenvalue weighted by atomic mass is 16.5. The van der Waals surface area contributed by atoms with Gasteiger partial charge in [-0.2, -0.15) is 0 Å². The molecule has 29 heavy (non-hydrogen) atoms. The van der Waals surface area contributed by atoms with Crippen LogP contribution in [0.2, 0.25) is 0 Å². The van der Waals surface area contributed by atoms with Crippen LogP contribution in [0.1, 0.15) is 37.3 Å². The van der Waals surface area contributed by atoms with Gasteiger partial charge in [0, 0.05) is 43.8 Å². The molecule has 6 nitrogen and oxygen atoms in total. The lowest BCUT2D eigenvalue weighted by molar-refractivity contribution is -0.128. The Morgan fingerprint density at radius 3 is 2.76 bits per heavy atom. The fourth-order valence-electron chi connectivity index (χ4n) is 4.57. The van der Waals surface area contributed by atoms with Crippen LogP contribution >= 0.6 is 0 Å². The standard InChI is InChI=1S/C23H35N3O3/c1-5-19(14-27)24-23(28)16-9-10-20(25(2)12-16)11-18-13-26(3)21-8-6-7-17(15-29-4)22(18)21/h6-8,13,16,19-20,27H,5,9-12,14-15H2,1-4H3,(H,24,28). The minimum atomic E-state index is -0.139. The van der Waals surface area contributed by atoms with Gasteiger partial charge in [0.05, 0.1) is 25.2 Å². The molecule has 2 aromatic rings. The van der Waals surface area contributed by atoms with Gasteiger partial charge in [-0.15, -0.1) is 0 Å². The number of aliphatic hydroxyl groups excluding tert-OH is 1. The van der Waals surface area contributed by atoms with Crippen LogP contribution in [0.25, 0.3) is 10.9 Å². The number of hydrogen-bond donors (Lipinski definition) is 2. The van der Waals surface area contributed by atoms with Crippen LogP contribution in [0.4, 0.5) is 0 Å². The Labute approximate surface area is 173 Å². The van der Waals surface area contributed by atoms with Crippen LogP contribution in [-0.2, 0) is 29.6 Å². The van der Waals surface area contributed by atoms with Crippen molar-refractivity contribution in [3.05, 3.63) is 35.5 Å². The Morgan fingerprint density at radius 1 is 1.31 bits per heavy atom. The smallest absolute Gasteiger partial charge is 0.224 e. The number of rotatable bonds is 8. The fraction of sp³-hybridized carbons (Fsp3) is 0.609. The lowest BCUT2D eigenvalue weighted by Crippen LogP contribution is -2.49. The number of carbonyl (C=O) groups is 1. The van der Waals surface area contributed by atoms with Crippen molar-refractivity contribution < 1.29 is 14.6 Å². The number of amides is 1. The maximum Gasteiger partial charge on any atom is 0.224 e. The van der Waals surface area contributed by atoms with E-state index >= 15 is 0 Å². The largest absolute Gasteiger partial charge is 0.394 e. The van der Waals surface area contributed by atoms with Crippen LogP contribution in [0.3, 0.4) is 0 Å². The second-order valence-electron chi connectivity index (χ2n) is 8.38. The SMILES string of the molecule is CCC(CO)NC(=O)C1CCC(Cc2cn(C)c3cccc(COC)c23)N(C)C1. The molecule has 6 heteroatoms. The van der Waals surface area contributed by atoms with Gasteiger partial charge in [-0.25, -0.2) is 0 Å². The maximum absolute atomic E-state index is 12.6. The van der Waals surface area contributed by atoms with Crippen LogP contribution in [0.5, 0.6) is 0 Å². The molecule has 2 N–H and O–H groups in total. The molecule has 1 saturated heterocycles. The third-order valence-corrected chi connectivity index (χ3v) is 6.35. The topological polar surface area (TPSA) is 66.7 Å². The summed E-state index contributed by atoms with van der Waals surface area (Å²) in [5.74, 6) is 0.0668. The quantitative estimate of drug-likeness (QED) is 0.713. The van der Waals surface area contributed by atoms with Crippen molar-refractivity contribution >= 4 is 16.8 Å². The average Bonchev–Trinajstić information content (AvgIpc) is 3.04. The van der Waals surface area contributed by atoms with Gasteiger partial charge in [-0.1, -0.05) is 19.1 Å². The lowest BCUT2D eigenvalue weighted by Gasteiger charge is -2.37. The molecule has 1 amide bonds. The molecule has 0 saturated carbocycles. The summed E-state index contributed by atoms with van der Waals surface area (Å²) in [6.45, 7) is 3.35. The molecule has 160 valence electrons. The van der Waals surface area contributed by atoms with E-state index in [4.69, 9.17) is 4.74 Å². The molecule has 0 aliphatic carbocycles. The molecule has 2 heterocycles. The number of carbonyl (C=O) groups excluding carboxylic acids is 1. The minimum absolute atomic E-state index is 0.00167. The van der Waals surface area contributed by atoms with Crippen LogP contribution < -0.4 is 5.32 Å². The molecule has 0 radical (unpaired) electrons. The molecule has 0 bridgehead atoms. The van der Waals surface area contributed by atoms with Crippen molar-refractivity contribution in [2.24, 2.45) is 13.0 Å². The predicted octanol–water partition coefficient (Wildman–Crippen LogP) is 2.46. The molecule has 1 aliphatic rings. The van der Waals surface area contributed by atoms with Gasteiger partial charge in [0.25, 0.3) is 0 Å². The monoisotopic (exact) mass is 401 g/mol. The summed E-state index contributed by atoms with van der Waals surface area (Å²) in [4.78, 5) is 14.9. The van der Waals surface area contributed by atoms with E-state index in [9.17, 15) is 9.90 Å². The Bertz CT molecular complexity index is 828. The highest BCUT2D eigenvalue weighted by Gasteiger charge is 2.31. The number of likely N-dealkylation sites (tertiary alicyclic amines) is 1. The zero-order valence-corrected chi connectivity index (χ0v) is 18.1. The number of likely N-dealkylation sites (N-methyl/N-ethyl adjacent to an activating group) is 1.